The molecule has 1 atom stereocenters. The van der Waals surface area contributed by atoms with E-state index in [0.29, 0.717) is 0 Å². The van der Waals surface area contributed by atoms with Gasteiger partial charge in [-0.05, 0) is 22.1 Å². The van der Waals surface area contributed by atoms with E-state index < -0.39 is 4.92 Å². The number of rotatable bonds is 4. The number of carbonyl (C=O) groups excluding carboxylic acids is 1. The molecule has 4 N–H and O–H groups in total. The minimum Gasteiger partial charge on any atom is -0.358 e. The van der Waals surface area contributed by atoms with Gasteiger partial charge in [0.1, 0.15) is 5.69 Å². The topological polar surface area (TPSA) is 123 Å². The number of hydrazine groups is 1. The van der Waals surface area contributed by atoms with E-state index in [1.54, 1.807) is 11.8 Å². The monoisotopic (exact) mass is 283 g/mol. The van der Waals surface area contributed by atoms with Crippen LogP contribution in [0.2, 0.25) is 0 Å². The molecule has 1 saturated heterocycles. The number of pyridine rings is 1. The summed E-state index contributed by atoms with van der Waals surface area (Å²) in [5.74, 6) is 6.37. The molecule has 0 aromatic carbocycles. The van der Waals surface area contributed by atoms with Crippen molar-refractivity contribution in [2.75, 3.05) is 16.9 Å². The number of thioether (sulfide) groups is 1. The van der Waals surface area contributed by atoms with Gasteiger partial charge >= 0.3 is 5.82 Å². The summed E-state index contributed by atoms with van der Waals surface area (Å²) in [4.78, 5) is 25.7. The second-order valence-electron chi connectivity index (χ2n) is 4.02. The third-order valence-electron chi connectivity index (χ3n) is 2.74. The fourth-order valence-corrected chi connectivity index (χ4v) is 2.91. The summed E-state index contributed by atoms with van der Waals surface area (Å²) in [6.07, 6.45) is 2.07. The highest BCUT2D eigenvalue weighted by Gasteiger charge is 2.22. The lowest BCUT2D eigenvalue weighted by molar-refractivity contribution is -0.389. The van der Waals surface area contributed by atoms with Crippen molar-refractivity contribution in [3.8, 4) is 0 Å². The molecule has 1 aromatic rings. The van der Waals surface area contributed by atoms with E-state index in [2.05, 4.69) is 15.7 Å². The molecule has 0 spiro atoms. The highest BCUT2D eigenvalue weighted by Crippen LogP contribution is 2.21. The first-order valence-electron chi connectivity index (χ1n) is 5.61. The molecule has 1 aliphatic rings. The van der Waals surface area contributed by atoms with Crippen LogP contribution >= 0.6 is 11.8 Å². The van der Waals surface area contributed by atoms with Crippen LogP contribution in [0.25, 0.3) is 0 Å². The lowest BCUT2D eigenvalue weighted by Gasteiger charge is -2.12. The quantitative estimate of drug-likeness (QED) is 0.418. The average Bonchev–Trinajstić information content (AvgIpc) is 2.90. The van der Waals surface area contributed by atoms with E-state index in [0.717, 1.165) is 24.0 Å². The van der Waals surface area contributed by atoms with Crippen molar-refractivity contribution < 1.29 is 9.72 Å². The van der Waals surface area contributed by atoms with Crippen LogP contribution in [0.1, 0.15) is 16.8 Å². The van der Waals surface area contributed by atoms with Crippen molar-refractivity contribution in [1.29, 1.82) is 0 Å². The van der Waals surface area contributed by atoms with Crippen molar-refractivity contribution in [3.05, 3.63) is 27.9 Å². The van der Waals surface area contributed by atoms with Gasteiger partial charge < -0.3 is 20.9 Å². The zero-order valence-electron chi connectivity index (χ0n) is 9.96. The number of hydrogen-bond acceptors (Lipinski definition) is 7. The lowest BCUT2D eigenvalue weighted by Crippen LogP contribution is -2.35. The molecule has 8 nitrogen and oxygen atoms in total. The first-order chi connectivity index (χ1) is 9.11. The van der Waals surface area contributed by atoms with E-state index in [4.69, 9.17) is 5.84 Å². The maximum atomic E-state index is 12.1. The third-order valence-corrected chi connectivity index (χ3v) is 3.90. The van der Waals surface area contributed by atoms with Crippen molar-refractivity contribution in [1.82, 2.24) is 10.3 Å². The minimum absolute atomic E-state index is 0.0929. The van der Waals surface area contributed by atoms with Gasteiger partial charge in [-0.25, -0.2) is 0 Å². The van der Waals surface area contributed by atoms with Gasteiger partial charge in [0.2, 0.25) is 0 Å². The summed E-state index contributed by atoms with van der Waals surface area (Å²) in [5.41, 5.74) is 2.70. The SMILES string of the molecule is NNc1cnc([N+](=O)[O-])cc1C(=O)NC1CCSC1. The highest BCUT2D eigenvalue weighted by molar-refractivity contribution is 7.99. The molecule has 19 heavy (non-hydrogen) atoms. The maximum Gasteiger partial charge on any atom is 0.364 e. The van der Waals surface area contributed by atoms with Crippen LogP contribution in [-0.4, -0.2) is 33.4 Å². The number of hydrogen-bond donors (Lipinski definition) is 3. The Kier molecular flexibility index (Phi) is 4.17. The predicted octanol–water partition coefficient (Wildman–Crippen LogP) is 0.511. The Hall–Kier alpha value is -1.87. The van der Waals surface area contributed by atoms with Gasteiger partial charge in [0.15, 0.2) is 6.20 Å². The Labute approximate surface area is 113 Å². The van der Waals surface area contributed by atoms with Gasteiger partial charge in [-0.2, -0.15) is 11.8 Å². The molecule has 2 rings (SSSR count). The van der Waals surface area contributed by atoms with E-state index in [9.17, 15) is 14.9 Å². The third kappa shape index (κ3) is 3.12. The number of nitrogen functional groups attached to an aromatic ring is 1. The summed E-state index contributed by atoms with van der Waals surface area (Å²) < 4.78 is 0. The molecule has 1 aliphatic heterocycles. The molecule has 0 radical (unpaired) electrons. The number of nitro groups is 1. The highest BCUT2D eigenvalue weighted by atomic mass is 32.2. The normalized spacial score (nSPS) is 18.1. The number of anilines is 1. The molecule has 0 aliphatic carbocycles. The Balaban J connectivity index is 2.22. The van der Waals surface area contributed by atoms with Gasteiger partial charge in [-0.15, -0.1) is 0 Å². The Bertz CT molecular complexity index is 504. The zero-order chi connectivity index (χ0) is 13.8. The molecular formula is C10H13N5O3S. The maximum absolute atomic E-state index is 12.1. The molecule has 0 bridgehead atoms. The van der Waals surface area contributed by atoms with Gasteiger partial charge in [-0.3, -0.25) is 10.6 Å². The fourth-order valence-electron chi connectivity index (χ4n) is 1.76. The molecule has 1 fully saturated rings. The van der Waals surface area contributed by atoms with Crippen LogP contribution in [0.4, 0.5) is 11.5 Å². The van der Waals surface area contributed by atoms with E-state index in [-0.39, 0.29) is 29.0 Å². The van der Waals surface area contributed by atoms with Gasteiger partial charge in [0.25, 0.3) is 5.91 Å². The molecular weight excluding hydrogens is 270 g/mol. The summed E-state index contributed by atoms with van der Waals surface area (Å²) in [5, 5.41) is 13.5. The van der Waals surface area contributed by atoms with Gasteiger partial charge in [0.05, 0.1) is 11.6 Å². The second kappa shape index (κ2) is 5.85. The van der Waals surface area contributed by atoms with Crippen LogP contribution in [0.15, 0.2) is 12.3 Å². The summed E-state index contributed by atoms with van der Waals surface area (Å²) in [7, 11) is 0. The zero-order valence-corrected chi connectivity index (χ0v) is 10.8. The second-order valence-corrected chi connectivity index (χ2v) is 5.17. The van der Waals surface area contributed by atoms with Crippen LogP contribution in [0.5, 0.6) is 0 Å². The molecule has 2 heterocycles. The van der Waals surface area contributed by atoms with Gasteiger partial charge in [-0.1, -0.05) is 0 Å². The smallest absolute Gasteiger partial charge is 0.358 e. The molecule has 102 valence electrons. The molecule has 1 aromatic heterocycles. The summed E-state index contributed by atoms with van der Waals surface area (Å²) in [6.45, 7) is 0. The van der Waals surface area contributed by atoms with Gasteiger partial charge in [0, 0.05) is 11.8 Å². The first-order valence-corrected chi connectivity index (χ1v) is 6.77. The largest absolute Gasteiger partial charge is 0.364 e. The van der Waals surface area contributed by atoms with Crippen LogP contribution in [0.3, 0.4) is 0 Å². The first kappa shape index (κ1) is 13.6. The number of nitrogens with zero attached hydrogens (tertiary/aromatic N) is 2. The van der Waals surface area contributed by atoms with Crippen LogP contribution in [-0.2, 0) is 0 Å². The lowest BCUT2D eigenvalue weighted by atomic mass is 10.2. The Morgan fingerprint density at radius 1 is 1.63 bits per heavy atom. The fraction of sp³-hybridized carbons (Fsp3) is 0.400. The molecule has 1 unspecified atom stereocenters. The van der Waals surface area contributed by atoms with E-state index >= 15 is 0 Å². The summed E-state index contributed by atoms with van der Waals surface area (Å²) >= 11 is 1.76. The predicted molar refractivity (Wildman–Crippen MR) is 71.9 cm³/mol. The van der Waals surface area contributed by atoms with Crippen molar-refractivity contribution in [2.45, 2.75) is 12.5 Å². The molecule has 0 saturated carbocycles. The van der Waals surface area contributed by atoms with Crippen molar-refractivity contribution >= 4 is 29.2 Å². The van der Waals surface area contributed by atoms with Crippen molar-refractivity contribution in [3.63, 3.8) is 0 Å². The number of amides is 1. The summed E-state index contributed by atoms with van der Waals surface area (Å²) in [6, 6.07) is 1.21. The number of nitrogens with one attached hydrogen (secondary N) is 2. The number of aromatic nitrogens is 1. The Morgan fingerprint density at radius 3 is 3.00 bits per heavy atom. The van der Waals surface area contributed by atoms with Crippen molar-refractivity contribution in [2.24, 2.45) is 5.84 Å². The molecule has 9 heteroatoms. The van der Waals surface area contributed by atoms with Crippen LogP contribution in [0, 0.1) is 10.1 Å². The number of carbonyl (C=O) groups is 1. The average molecular weight is 283 g/mol. The standard InChI is InChI=1S/C10H13N5O3S/c11-14-8-4-12-9(15(17)18)3-7(8)10(16)13-6-1-2-19-5-6/h3-4,6,14H,1-2,5,11H2,(H,13,16). The van der Waals surface area contributed by atoms with E-state index in [1.165, 1.54) is 6.20 Å². The minimum atomic E-state index is -0.650. The van der Waals surface area contributed by atoms with E-state index in [1.807, 2.05) is 0 Å². The van der Waals surface area contributed by atoms with Crippen LogP contribution < -0.4 is 16.6 Å². The number of nitrogens with two attached hydrogens (primary N) is 1. The Morgan fingerprint density at radius 2 is 2.42 bits per heavy atom. The molecule has 1 amide bonds.